The van der Waals surface area contributed by atoms with Crippen molar-refractivity contribution >= 4 is 50.6 Å². The van der Waals surface area contributed by atoms with Crippen molar-refractivity contribution in [3.8, 4) is 22.3 Å². The minimum atomic E-state index is -0.105. The zero-order valence-electron chi connectivity index (χ0n) is 29.5. The first kappa shape index (κ1) is 31.1. The van der Waals surface area contributed by atoms with E-state index >= 15 is 0 Å². The van der Waals surface area contributed by atoms with Crippen molar-refractivity contribution in [2.45, 2.75) is 12.3 Å². The van der Waals surface area contributed by atoms with E-state index in [-0.39, 0.29) is 11.3 Å². The topological polar surface area (TPSA) is 16.4 Å². The molecule has 53 heavy (non-hydrogen) atoms. The molecule has 0 spiro atoms. The number of benzene rings is 7. The zero-order valence-corrected chi connectivity index (χ0v) is 29.5. The van der Waals surface area contributed by atoms with Crippen molar-refractivity contribution in [1.29, 1.82) is 0 Å². The van der Waals surface area contributed by atoms with Crippen molar-refractivity contribution in [3.63, 3.8) is 0 Å². The maximum atomic E-state index is 6.37. The first-order chi connectivity index (χ1) is 26.2. The summed E-state index contributed by atoms with van der Waals surface area (Å²) in [7, 11) is 0. The number of fused-ring (bicyclic) bond motifs is 6. The standard InChI is InChI=1S/C51H37NO/c1-51-34-14-22-39(45(51)33-30-37-17-5-9-23-44(37)51)36-28-31-38(32-29-36)52(46-24-10-6-18-40(46)35-15-3-2-4-16-35)47-25-11-7-19-41(47)42-21-13-27-49-50(42)43-20-8-12-26-48(43)53-49/h2-34,45H,1H3. The van der Waals surface area contributed by atoms with E-state index in [4.69, 9.17) is 4.42 Å². The Labute approximate surface area is 310 Å². The smallest absolute Gasteiger partial charge is 0.136 e. The maximum Gasteiger partial charge on any atom is 0.136 e. The molecule has 1 aromatic heterocycles. The van der Waals surface area contributed by atoms with Gasteiger partial charge in [0, 0.05) is 38.9 Å². The molecular weight excluding hydrogens is 643 g/mol. The summed E-state index contributed by atoms with van der Waals surface area (Å²) in [6.07, 6.45) is 11.6. The summed E-state index contributed by atoms with van der Waals surface area (Å²) in [5.74, 6) is 0.245. The molecule has 7 aromatic carbocycles. The number of para-hydroxylation sites is 3. The Morgan fingerprint density at radius 2 is 1.21 bits per heavy atom. The van der Waals surface area contributed by atoms with Crippen LogP contribution in [-0.2, 0) is 5.41 Å². The first-order valence-corrected chi connectivity index (χ1v) is 18.4. The average molecular weight is 680 g/mol. The zero-order chi connectivity index (χ0) is 35.4. The molecule has 2 atom stereocenters. The number of furan rings is 1. The number of hydrogen-bond donors (Lipinski definition) is 0. The molecule has 0 fully saturated rings. The predicted octanol–water partition coefficient (Wildman–Crippen LogP) is 13.9. The molecule has 0 N–H and O–H groups in total. The highest BCUT2D eigenvalue weighted by Crippen LogP contribution is 2.50. The maximum absolute atomic E-state index is 6.37. The lowest BCUT2D eigenvalue weighted by Crippen LogP contribution is -2.34. The van der Waals surface area contributed by atoms with Crippen molar-refractivity contribution in [1.82, 2.24) is 0 Å². The summed E-state index contributed by atoms with van der Waals surface area (Å²) in [5.41, 5.74) is 14.9. The van der Waals surface area contributed by atoms with Crippen LogP contribution in [0.1, 0.15) is 23.6 Å². The van der Waals surface area contributed by atoms with Crippen molar-refractivity contribution in [3.05, 3.63) is 211 Å². The second-order valence-corrected chi connectivity index (χ2v) is 14.2. The molecule has 0 saturated carbocycles. The van der Waals surface area contributed by atoms with Crippen LogP contribution in [0.3, 0.4) is 0 Å². The summed E-state index contributed by atoms with van der Waals surface area (Å²) >= 11 is 0. The van der Waals surface area contributed by atoms with Crippen molar-refractivity contribution in [2.75, 3.05) is 4.90 Å². The van der Waals surface area contributed by atoms with Crippen LogP contribution in [0.25, 0.3) is 55.8 Å². The third-order valence-electron chi connectivity index (χ3n) is 11.2. The van der Waals surface area contributed by atoms with Gasteiger partial charge in [-0.15, -0.1) is 0 Å². The summed E-state index contributed by atoms with van der Waals surface area (Å²) in [6.45, 7) is 2.38. The van der Waals surface area contributed by atoms with Gasteiger partial charge in [-0.05, 0) is 69.8 Å². The van der Waals surface area contributed by atoms with E-state index in [1.54, 1.807) is 0 Å². The fourth-order valence-electron chi connectivity index (χ4n) is 8.69. The second kappa shape index (κ2) is 12.5. The lowest BCUT2D eigenvalue weighted by atomic mass is 9.62. The number of hydrogen-bond acceptors (Lipinski definition) is 2. The van der Waals surface area contributed by atoms with Crippen LogP contribution < -0.4 is 4.90 Å². The van der Waals surface area contributed by atoms with E-state index in [9.17, 15) is 0 Å². The Morgan fingerprint density at radius 3 is 2.06 bits per heavy atom. The summed E-state index contributed by atoms with van der Waals surface area (Å²) in [4.78, 5) is 2.43. The average Bonchev–Trinajstić information content (AvgIpc) is 3.61. The quantitative estimate of drug-likeness (QED) is 0.174. The van der Waals surface area contributed by atoms with Crippen molar-refractivity contribution < 1.29 is 4.42 Å². The molecule has 0 amide bonds. The molecule has 252 valence electrons. The van der Waals surface area contributed by atoms with Crippen LogP contribution in [0, 0.1) is 5.92 Å². The molecule has 2 heteroatoms. The van der Waals surface area contributed by atoms with Crippen molar-refractivity contribution in [2.24, 2.45) is 5.92 Å². The van der Waals surface area contributed by atoms with Crippen LogP contribution in [0.2, 0.25) is 0 Å². The van der Waals surface area contributed by atoms with Gasteiger partial charge in [0.1, 0.15) is 11.2 Å². The molecule has 2 nitrogen and oxygen atoms in total. The highest BCUT2D eigenvalue weighted by atomic mass is 16.3. The summed E-state index contributed by atoms with van der Waals surface area (Å²) in [5, 5.41) is 2.25. The van der Waals surface area contributed by atoms with E-state index in [1.165, 1.54) is 33.4 Å². The molecule has 0 bridgehead atoms. The minimum Gasteiger partial charge on any atom is -0.456 e. The lowest BCUT2D eigenvalue weighted by Gasteiger charge is -2.41. The molecule has 2 aliphatic rings. The molecule has 8 aromatic rings. The fourth-order valence-corrected chi connectivity index (χ4v) is 8.69. The molecule has 2 unspecified atom stereocenters. The summed E-state index contributed by atoms with van der Waals surface area (Å²) < 4.78 is 6.37. The largest absolute Gasteiger partial charge is 0.456 e. The van der Waals surface area contributed by atoms with Gasteiger partial charge in [0.15, 0.2) is 0 Å². The Bertz CT molecular complexity index is 2750. The van der Waals surface area contributed by atoms with E-state index in [1.807, 2.05) is 6.07 Å². The van der Waals surface area contributed by atoms with Crippen LogP contribution in [0.15, 0.2) is 199 Å². The van der Waals surface area contributed by atoms with Gasteiger partial charge in [0.2, 0.25) is 0 Å². The monoisotopic (exact) mass is 679 g/mol. The third kappa shape index (κ3) is 5.10. The van der Waals surface area contributed by atoms with E-state index in [0.29, 0.717) is 0 Å². The van der Waals surface area contributed by atoms with E-state index in [0.717, 1.165) is 50.1 Å². The van der Waals surface area contributed by atoms with E-state index < -0.39 is 0 Å². The third-order valence-corrected chi connectivity index (χ3v) is 11.2. The molecular formula is C51H37NO. The van der Waals surface area contributed by atoms with Crippen LogP contribution in [0.4, 0.5) is 17.1 Å². The Morgan fingerprint density at radius 1 is 0.547 bits per heavy atom. The number of allylic oxidation sites excluding steroid dienone is 5. The van der Waals surface area contributed by atoms with Crippen LogP contribution >= 0.6 is 0 Å². The Hall–Kier alpha value is -6.64. The predicted molar refractivity (Wildman–Crippen MR) is 223 cm³/mol. The fraction of sp³-hybridized carbons (Fsp3) is 0.0588. The minimum absolute atomic E-state index is 0.105. The molecule has 0 saturated heterocycles. The van der Waals surface area contributed by atoms with Gasteiger partial charge in [0.25, 0.3) is 0 Å². The number of rotatable bonds is 6. The van der Waals surface area contributed by atoms with Crippen LogP contribution in [0.5, 0.6) is 0 Å². The van der Waals surface area contributed by atoms with Gasteiger partial charge in [-0.2, -0.15) is 0 Å². The lowest BCUT2D eigenvalue weighted by molar-refractivity contribution is 0.505. The highest BCUT2D eigenvalue weighted by molar-refractivity contribution is 6.14. The summed E-state index contributed by atoms with van der Waals surface area (Å²) in [6, 6.07) is 60.9. The van der Waals surface area contributed by atoms with Gasteiger partial charge >= 0.3 is 0 Å². The number of nitrogens with zero attached hydrogens (tertiary/aromatic N) is 1. The van der Waals surface area contributed by atoms with Gasteiger partial charge < -0.3 is 9.32 Å². The molecule has 1 heterocycles. The second-order valence-electron chi connectivity index (χ2n) is 14.2. The number of anilines is 3. The Kier molecular flexibility index (Phi) is 7.37. The van der Waals surface area contributed by atoms with Gasteiger partial charge in [-0.3, -0.25) is 0 Å². The molecule has 2 aliphatic carbocycles. The molecule has 0 radical (unpaired) electrons. The van der Waals surface area contributed by atoms with E-state index in [2.05, 4.69) is 206 Å². The normalized spacial score (nSPS) is 17.4. The van der Waals surface area contributed by atoms with Gasteiger partial charge in [-0.25, -0.2) is 0 Å². The SMILES string of the molecule is CC12C=CC=C(c3ccc(N(c4ccccc4-c4ccccc4)c4ccccc4-c4cccc5oc6ccccc6c45)cc3)C1C=Cc1ccccc12. The molecule has 10 rings (SSSR count). The first-order valence-electron chi connectivity index (χ1n) is 18.4. The molecule has 0 aliphatic heterocycles. The van der Waals surface area contributed by atoms with Gasteiger partial charge in [0.05, 0.1) is 11.4 Å². The highest BCUT2D eigenvalue weighted by Gasteiger charge is 2.39. The van der Waals surface area contributed by atoms with Crippen LogP contribution in [-0.4, -0.2) is 0 Å². The Balaban J connectivity index is 1.14. The van der Waals surface area contributed by atoms with Gasteiger partial charge in [-0.1, -0.05) is 171 Å².